The zero-order valence-electron chi connectivity index (χ0n) is 14.7. The maximum absolute atomic E-state index is 12.8. The van der Waals surface area contributed by atoms with Crippen LogP contribution in [-0.2, 0) is 13.6 Å². The van der Waals surface area contributed by atoms with Crippen LogP contribution in [-0.4, -0.2) is 61.2 Å². The van der Waals surface area contributed by atoms with Gasteiger partial charge in [-0.15, -0.1) is 0 Å². The van der Waals surface area contributed by atoms with Crippen LogP contribution in [0.2, 0.25) is 0 Å². The molecule has 1 saturated heterocycles. The number of rotatable bonds is 5. The molecule has 2 aromatic heterocycles. The van der Waals surface area contributed by atoms with Crippen molar-refractivity contribution in [2.45, 2.75) is 32.9 Å². The molecule has 130 valence electrons. The van der Waals surface area contributed by atoms with E-state index in [1.54, 1.807) is 6.20 Å². The Labute approximate surface area is 142 Å². The number of piperazine rings is 1. The molecule has 1 aliphatic heterocycles. The minimum atomic E-state index is 0.0623. The van der Waals surface area contributed by atoms with E-state index in [9.17, 15) is 4.79 Å². The maximum atomic E-state index is 12.8. The number of aryl methyl sites for hydroxylation is 2. The average Bonchev–Trinajstić information content (AvgIpc) is 3.23. The molecule has 0 aliphatic carbocycles. The van der Waals surface area contributed by atoms with E-state index in [2.05, 4.69) is 28.8 Å². The lowest BCUT2D eigenvalue weighted by molar-refractivity contribution is 0.0472. The van der Waals surface area contributed by atoms with Crippen molar-refractivity contribution in [1.29, 1.82) is 0 Å². The number of nitrogens with zero attached hydrogens (tertiary/aromatic N) is 6. The Hall–Kier alpha value is -2.15. The highest BCUT2D eigenvalue weighted by Crippen LogP contribution is 2.24. The van der Waals surface area contributed by atoms with Crippen LogP contribution in [0.25, 0.3) is 0 Å². The number of likely N-dealkylation sites (N-methyl/N-ethyl adjacent to an activating group) is 1. The van der Waals surface area contributed by atoms with Gasteiger partial charge >= 0.3 is 0 Å². The Morgan fingerprint density at radius 2 is 2.17 bits per heavy atom. The first kappa shape index (κ1) is 16.7. The summed E-state index contributed by atoms with van der Waals surface area (Å²) in [6.07, 6.45) is 8.32. The van der Waals surface area contributed by atoms with Gasteiger partial charge in [0.05, 0.1) is 17.8 Å². The molecule has 0 spiro atoms. The highest BCUT2D eigenvalue weighted by Gasteiger charge is 2.32. The molecule has 0 N–H and O–H groups in total. The molecule has 0 aromatic carbocycles. The third-order valence-electron chi connectivity index (χ3n) is 4.67. The van der Waals surface area contributed by atoms with Crippen molar-refractivity contribution in [1.82, 2.24) is 29.1 Å². The number of imidazole rings is 1. The summed E-state index contributed by atoms with van der Waals surface area (Å²) in [6.45, 7) is 8.32. The van der Waals surface area contributed by atoms with E-state index >= 15 is 0 Å². The van der Waals surface area contributed by atoms with E-state index < -0.39 is 0 Å². The summed E-state index contributed by atoms with van der Waals surface area (Å²) >= 11 is 0. The first-order valence-corrected chi connectivity index (χ1v) is 8.67. The number of hydrogen-bond acceptors (Lipinski definition) is 4. The predicted octanol–water partition coefficient (Wildman–Crippen LogP) is 1.55. The minimum absolute atomic E-state index is 0.0623. The van der Waals surface area contributed by atoms with Gasteiger partial charge in [0.15, 0.2) is 0 Å². The Morgan fingerprint density at radius 3 is 2.83 bits per heavy atom. The van der Waals surface area contributed by atoms with Crippen LogP contribution in [0.15, 0.2) is 24.8 Å². The molecule has 3 rings (SSSR count). The fourth-order valence-electron chi connectivity index (χ4n) is 3.33. The van der Waals surface area contributed by atoms with Crippen LogP contribution in [0.5, 0.6) is 0 Å². The topological polar surface area (TPSA) is 59.2 Å². The second kappa shape index (κ2) is 7.17. The lowest BCUT2D eigenvalue weighted by atomic mass is 10.1. The van der Waals surface area contributed by atoms with Gasteiger partial charge in [0.25, 0.3) is 5.91 Å². The van der Waals surface area contributed by atoms with E-state index in [0.717, 1.165) is 38.4 Å². The number of amides is 1. The molecule has 0 bridgehead atoms. The first-order valence-electron chi connectivity index (χ1n) is 8.67. The fourth-order valence-corrected chi connectivity index (χ4v) is 3.33. The summed E-state index contributed by atoms with van der Waals surface area (Å²) in [5, 5.41) is 4.28. The number of carbonyl (C=O) groups is 1. The van der Waals surface area contributed by atoms with Gasteiger partial charge < -0.3 is 9.47 Å². The highest BCUT2D eigenvalue weighted by atomic mass is 16.2. The molecule has 0 unspecified atom stereocenters. The van der Waals surface area contributed by atoms with Crippen molar-refractivity contribution in [2.24, 2.45) is 7.05 Å². The second-order valence-electron chi connectivity index (χ2n) is 6.28. The lowest BCUT2D eigenvalue weighted by Gasteiger charge is -2.40. The molecule has 2 aromatic rings. The van der Waals surface area contributed by atoms with Gasteiger partial charge in [-0.2, -0.15) is 5.10 Å². The quantitative estimate of drug-likeness (QED) is 0.834. The van der Waals surface area contributed by atoms with Gasteiger partial charge in [-0.3, -0.25) is 14.4 Å². The molecule has 1 amide bonds. The number of aromatic nitrogens is 4. The largest absolute Gasteiger partial charge is 0.337 e. The fraction of sp³-hybridized carbons (Fsp3) is 0.588. The Morgan fingerprint density at radius 1 is 1.33 bits per heavy atom. The van der Waals surface area contributed by atoms with Gasteiger partial charge in [-0.25, -0.2) is 4.98 Å². The van der Waals surface area contributed by atoms with Gasteiger partial charge in [-0.1, -0.05) is 13.8 Å². The van der Waals surface area contributed by atoms with Crippen molar-refractivity contribution >= 4 is 5.91 Å². The van der Waals surface area contributed by atoms with Crippen LogP contribution in [0.1, 0.15) is 42.5 Å². The standard InChI is InChI=1S/C17H26N6O/c1-4-7-23-12-14(11-19-23)17(24)22-10-9-21(5-2)15(13-22)16-18-6-8-20(16)3/h6,8,11-12,15H,4-5,7,9-10,13H2,1-3H3/t15-/m0/s1. The van der Waals surface area contributed by atoms with Crippen LogP contribution in [0, 0.1) is 0 Å². The molecule has 24 heavy (non-hydrogen) atoms. The Bertz CT molecular complexity index is 691. The SMILES string of the molecule is CCCn1cc(C(=O)N2CCN(CC)[C@H](c3nccn3C)C2)cn1. The van der Waals surface area contributed by atoms with Crippen LogP contribution in [0.4, 0.5) is 0 Å². The zero-order chi connectivity index (χ0) is 17.1. The number of hydrogen-bond donors (Lipinski definition) is 0. The average molecular weight is 330 g/mol. The summed E-state index contributed by atoms with van der Waals surface area (Å²) in [5.41, 5.74) is 0.673. The van der Waals surface area contributed by atoms with Crippen molar-refractivity contribution in [2.75, 3.05) is 26.2 Å². The molecule has 3 heterocycles. The molecule has 0 radical (unpaired) electrons. The third kappa shape index (κ3) is 3.21. The summed E-state index contributed by atoms with van der Waals surface area (Å²) in [4.78, 5) is 21.6. The van der Waals surface area contributed by atoms with E-state index in [1.807, 2.05) is 39.8 Å². The Kier molecular flexibility index (Phi) is 4.99. The lowest BCUT2D eigenvalue weighted by Crippen LogP contribution is -2.50. The smallest absolute Gasteiger partial charge is 0.257 e. The molecule has 1 fully saturated rings. The van der Waals surface area contributed by atoms with Crippen LogP contribution >= 0.6 is 0 Å². The molecule has 0 saturated carbocycles. The Balaban J connectivity index is 1.76. The molecule has 1 aliphatic rings. The van der Waals surface area contributed by atoms with Crippen molar-refractivity contribution < 1.29 is 4.79 Å². The van der Waals surface area contributed by atoms with Gasteiger partial charge in [0.2, 0.25) is 0 Å². The molecule has 7 nitrogen and oxygen atoms in total. The van der Waals surface area contributed by atoms with Gasteiger partial charge in [0.1, 0.15) is 5.82 Å². The van der Waals surface area contributed by atoms with Crippen LogP contribution < -0.4 is 0 Å². The molecular weight excluding hydrogens is 304 g/mol. The summed E-state index contributed by atoms with van der Waals surface area (Å²) in [5.74, 6) is 1.07. The van der Waals surface area contributed by atoms with Crippen molar-refractivity contribution in [3.63, 3.8) is 0 Å². The zero-order valence-corrected chi connectivity index (χ0v) is 14.7. The van der Waals surface area contributed by atoms with Crippen molar-refractivity contribution in [3.8, 4) is 0 Å². The monoisotopic (exact) mass is 330 g/mol. The maximum Gasteiger partial charge on any atom is 0.257 e. The van der Waals surface area contributed by atoms with E-state index in [0.29, 0.717) is 12.1 Å². The minimum Gasteiger partial charge on any atom is -0.337 e. The summed E-state index contributed by atoms with van der Waals surface area (Å²) in [6, 6.07) is 0.137. The predicted molar refractivity (Wildman–Crippen MR) is 91.6 cm³/mol. The van der Waals surface area contributed by atoms with E-state index in [4.69, 9.17) is 0 Å². The molecule has 7 heteroatoms. The molecule has 1 atom stereocenters. The third-order valence-corrected chi connectivity index (χ3v) is 4.67. The normalized spacial score (nSPS) is 19.0. The number of carbonyl (C=O) groups excluding carboxylic acids is 1. The first-order chi connectivity index (χ1) is 11.6. The van der Waals surface area contributed by atoms with E-state index in [-0.39, 0.29) is 11.9 Å². The van der Waals surface area contributed by atoms with Gasteiger partial charge in [0, 0.05) is 51.8 Å². The summed E-state index contributed by atoms with van der Waals surface area (Å²) in [7, 11) is 2.01. The van der Waals surface area contributed by atoms with Crippen LogP contribution in [0.3, 0.4) is 0 Å². The highest BCUT2D eigenvalue weighted by molar-refractivity contribution is 5.93. The van der Waals surface area contributed by atoms with Gasteiger partial charge in [-0.05, 0) is 13.0 Å². The second-order valence-corrected chi connectivity index (χ2v) is 6.28. The summed E-state index contributed by atoms with van der Waals surface area (Å²) < 4.78 is 3.88. The van der Waals surface area contributed by atoms with Crippen molar-refractivity contribution in [3.05, 3.63) is 36.2 Å². The van der Waals surface area contributed by atoms with E-state index in [1.165, 1.54) is 0 Å². The molecular formula is C17H26N6O.